The Morgan fingerprint density at radius 1 is 1.10 bits per heavy atom. The Labute approximate surface area is 121 Å². The molecule has 1 N–H and O–H groups in total. The summed E-state index contributed by atoms with van der Waals surface area (Å²) in [6.45, 7) is 6.22. The van der Waals surface area contributed by atoms with Crippen LogP contribution < -0.4 is 5.32 Å². The van der Waals surface area contributed by atoms with Crippen molar-refractivity contribution in [2.75, 3.05) is 7.11 Å². The second-order valence-electron chi connectivity index (χ2n) is 5.07. The van der Waals surface area contributed by atoms with Crippen LogP contribution in [0.5, 0.6) is 0 Å². The number of benzene rings is 1. The lowest BCUT2D eigenvalue weighted by molar-refractivity contribution is 0.0600. The summed E-state index contributed by atoms with van der Waals surface area (Å²) < 4.78 is 4.61. The largest absolute Gasteiger partial charge is 0.465 e. The quantitative estimate of drug-likeness (QED) is 0.842. The molecule has 1 atom stereocenters. The van der Waals surface area contributed by atoms with E-state index in [1.54, 1.807) is 24.3 Å². The fourth-order valence-corrected chi connectivity index (χ4v) is 1.95. The number of ether oxygens (including phenoxy) is 1. The molecule has 0 aliphatic heterocycles. The molecular formula is C16H25NO3. The van der Waals surface area contributed by atoms with E-state index >= 15 is 0 Å². The number of carbonyl (C=O) groups excluding carboxylic acids is 2. The van der Waals surface area contributed by atoms with Crippen LogP contribution in [0.3, 0.4) is 0 Å². The maximum absolute atomic E-state index is 12.0. The van der Waals surface area contributed by atoms with Gasteiger partial charge >= 0.3 is 5.97 Å². The molecule has 20 heavy (non-hydrogen) atoms. The van der Waals surface area contributed by atoms with Gasteiger partial charge in [0.25, 0.3) is 5.91 Å². The predicted molar refractivity (Wildman–Crippen MR) is 80.9 cm³/mol. The van der Waals surface area contributed by atoms with Gasteiger partial charge in [-0.05, 0) is 43.5 Å². The first kappa shape index (κ1) is 18.2. The van der Waals surface area contributed by atoms with Crippen molar-refractivity contribution in [2.24, 2.45) is 5.92 Å². The average molecular weight is 279 g/mol. The molecule has 0 spiro atoms. The van der Waals surface area contributed by atoms with E-state index in [0.29, 0.717) is 17.0 Å². The number of methoxy groups -OCH3 is 1. The summed E-state index contributed by atoms with van der Waals surface area (Å²) in [4.78, 5) is 23.2. The van der Waals surface area contributed by atoms with Gasteiger partial charge in [0.2, 0.25) is 0 Å². The van der Waals surface area contributed by atoms with Crippen LogP contribution in [0.15, 0.2) is 24.3 Å². The van der Waals surface area contributed by atoms with E-state index in [-0.39, 0.29) is 19.4 Å². The lowest BCUT2D eigenvalue weighted by atomic mass is 10.0. The van der Waals surface area contributed by atoms with Crippen LogP contribution in [-0.2, 0) is 4.74 Å². The highest BCUT2D eigenvalue weighted by molar-refractivity contribution is 5.96. The van der Waals surface area contributed by atoms with Gasteiger partial charge in [-0.15, -0.1) is 0 Å². The topological polar surface area (TPSA) is 55.4 Å². The summed E-state index contributed by atoms with van der Waals surface area (Å²) in [5.74, 6) is 0.0155. The predicted octanol–water partition coefficient (Wildman–Crippen LogP) is 3.27. The summed E-state index contributed by atoms with van der Waals surface area (Å²) in [5.41, 5.74) is 0.984. The van der Waals surface area contributed by atoms with Crippen molar-refractivity contribution in [2.45, 2.75) is 40.7 Å². The van der Waals surface area contributed by atoms with Crippen molar-refractivity contribution in [3.63, 3.8) is 0 Å². The smallest absolute Gasteiger partial charge is 0.337 e. The third-order valence-electron chi connectivity index (χ3n) is 2.77. The Morgan fingerprint density at radius 3 is 2.05 bits per heavy atom. The summed E-state index contributed by atoms with van der Waals surface area (Å²) in [5, 5.41) is 2.94. The van der Waals surface area contributed by atoms with Crippen LogP contribution in [0.25, 0.3) is 0 Å². The Hall–Kier alpha value is -1.84. The van der Waals surface area contributed by atoms with Gasteiger partial charge in [0.05, 0.1) is 12.7 Å². The van der Waals surface area contributed by atoms with Crippen molar-refractivity contribution in [3.05, 3.63) is 35.4 Å². The van der Waals surface area contributed by atoms with Gasteiger partial charge in [0, 0.05) is 11.6 Å². The molecule has 4 nitrogen and oxygen atoms in total. The standard InChI is InChI=1S/C15H21NO3.CH4/c1-10(2)9-11(3)16-14(17)12-5-7-13(8-6-12)15(18)19-4;/h5-8,10-11H,9H2,1-4H3,(H,16,17);1H4/t11-;/m1./s1. The van der Waals surface area contributed by atoms with Gasteiger partial charge < -0.3 is 10.1 Å². The number of rotatable bonds is 5. The Balaban J connectivity index is 0.00000361. The molecule has 4 heteroatoms. The summed E-state index contributed by atoms with van der Waals surface area (Å²) in [6, 6.07) is 6.57. The highest BCUT2D eigenvalue weighted by Crippen LogP contribution is 2.08. The van der Waals surface area contributed by atoms with Gasteiger partial charge in [-0.2, -0.15) is 0 Å². The third-order valence-corrected chi connectivity index (χ3v) is 2.77. The number of amides is 1. The fraction of sp³-hybridized carbons (Fsp3) is 0.500. The molecule has 0 unspecified atom stereocenters. The molecule has 0 heterocycles. The zero-order valence-corrected chi connectivity index (χ0v) is 11.9. The number of esters is 1. The molecule has 0 aliphatic carbocycles. The highest BCUT2D eigenvalue weighted by Gasteiger charge is 2.12. The minimum Gasteiger partial charge on any atom is -0.465 e. The van der Waals surface area contributed by atoms with Gasteiger partial charge in [-0.3, -0.25) is 4.79 Å². The number of nitrogens with one attached hydrogen (secondary N) is 1. The maximum Gasteiger partial charge on any atom is 0.337 e. The molecule has 0 aromatic heterocycles. The first-order valence-corrected chi connectivity index (χ1v) is 6.43. The highest BCUT2D eigenvalue weighted by atomic mass is 16.5. The van der Waals surface area contributed by atoms with Crippen molar-refractivity contribution < 1.29 is 14.3 Å². The molecule has 112 valence electrons. The van der Waals surface area contributed by atoms with E-state index in [0.717, 1.165) is 6.42 Å². The molecule has 0 saturated carbocycles. The number of hydrogen-bond donors (Lipinski definition) is 1. The normalized spacial score (nSPS) is 11.4. The Kier molecular flexibility index (Phi) is 7.59. The number of carbonyl (C=O) groups is 2. The number of hydrogen-bond acceptors (Lipinski definition) is 3. The van der Waals surface area contributed by atoms with E-state index in [1.165, 1.54) is 7.11 Å². The second kappa shape index (κ2) is 8.35. The van der Waals surface area contributed by atoms with Gasteiger partial charge in [-0.1, -0.05) is 21.3 Å². The second-order valence-corrected chi connectivity index (χ2v) is 5.07. The van der Waals surface area contributed by atoms with E-state index in [4.69, 9.17) is 0 Å². The molecule has 1 amide bonds. The molecular weight excluding hydrogens is 254 g/mol. The van der Waals surface area contributed by atoms with E-state index < -0.39 is 5.97 Å². The van der Waals surface area contributed by atoms with Gasteiger partial charge in [0.15, 0.2) is 0 Å². The molecule has 0 radical (unpaired) electrons. The molecule has 0 fully saturated rings. The minimum atomic E-state index is -0.403. The van der Waals surface area contributed by atoms with E-state index in [9.17, 15) is 9.59 Å². The van der Waals surface area contributed by atoms with Crippen LogP contribution in [0, 0.1) is 5.92 Å². The Bertz CT molecular complexity index is 438. The van der Waals surface area contributed by atoms with E-state index in [1.807, 2.05) is 6.92 Å². The first-order chi connectivity index (χ1) is 8.93. The first-order valence-electron chi connectivity index (χ1n) is 6.43. The monoisotopic (exact) mass is 279 g/mol. The lowest BCUT2D eigenvalue weighted by Crippen LogP contribution is -2.33. The molecule has 0 bridgehead atoms. The van der Waals surface area contributed by atoms with Gasteiger partial charge in [0.1, 0.15) is 0 Å². The van der Waals surface area contributed by atoms with Gasteiger partial charge in [-0.25, -0.2) is 4.79 Å². The van der Waals surface area contributed by atoms with Crippen molar-refractivity contribution >= 4 is 11.9 Å². The zero-order valence-electron chi connectivity index (χ0n) is 11.9. The Morgan fingerprint density at radius 2 is 1.60 bits per heavy atom. The van der Waals surface area contributed by atoms with Crippen molar-refractivity contribution in [1.29, 1.82) is 0 Å². The van der Waals surface area contributed by atoms with Crippen LogP contribution in [-0.4, -0.2) is 25.0 Å². The van der Waals surface area contributed by atoms with Crippen molar-refractivity contribution in [1.82, 2.24) is 5.32 Å². The van der Waals surface area contributed by atoms with Crippen LogP contribution in [0.4, 0.5) is 0 Å². The van der Waals surface area contributed by atoms with Crippen molar-refractivity contribution in [3.8, 4) is 0 Å². The molecule has 1 aromatic carbocycles. The minimum absolute atomic E-state index is 0. The molecule has 0 saturated heterocycles. The third kappa shape index (κ3) is 5.43. The molecule has 0 aliphatic rings. The van der Waals surface area contributed by atoms with Crippen LogP contribution in [0.2, 0.25) is 0 Å². The summed E-state index contributed by atoms with van der Waals surface area (Å²) in [7, 11) is 1.33. The van der Waals surface area contributed by atoms with Crippen LogP contribution >= 0.6 is 0 Å². The average Bonchev–Trinajstić information content (AvgIpc) is 2.36. The SMILES string of the molecule is C.COC(=O)c1ccc(C(=O)N[C@H](C)CC(C)C)cc1. The summed E-state index contributed by atoms with van der Waals surface area (Å²) in [6.07, 6.45) is 0.936. The molecule has 1 rings (SSSR count). The fourth-order valence-electron chi connectivity index (χ4n) is 1.95. The van der Waals surface area contributed by atoms with E-state index in [2.05, 4.69) is 23.9 Å². The molecule has 1 aromatic rings. The maximum atomic E-state index is 12.0. The zero-order chi connectivity index (χ0) is 14.4. The lowest BCUT2D eigenvalue weighted by Gasteiger charge is -2.16. The van der Waals surface area contributed by atoms with Crippen LogP contribution in [0.1, 0.15) is 55.3 Å². The summed E-state index contributed by atoms with van der Waals surface area (Å²) >= 11 is 0.